The minimum atomic E-state index is 0.0988. The summed E-state index contributed by atoms with van der Waals surface area (Å²) >= 11 is 0. The van der Waals surface area contributed by atoms with Crippen LogP contribution in [0.3, 0.4) is 0 Å². The van der Waals surface area contributed by atoms with Crippen LogP contribution in [0.15, 0.2) is 4.52 Å². The largest absolute Gasteiger partial charge is 0.396 e. The monoisotopic (exact) mass is 169 g/mol. The zero-order valence-corrected chi connectivity index (χ0v) is 6.75. The smallest absolute Gasteiger partial charge is 0.144 e. The lowest BCUT2D eigenvalue weighted by Crippen LogP contribution is -2.10. The van der Waals surface area contributed by atoms with Crippen molar-refractivity contribution in [2.24, 2.45) is 0 Å². The molecule has 4 heteroatoms. The molecule has 0 unspecified atom stereocenters. The third-order valence-corrected chi connectivity index (χ3v) is 2.02. The van der Waals surface area contributed by atoms with Crippen molar-refractivity contribution >= 4 is 0 Å². The summed E-state index contributed by atoms with van der Waals surface area (Å²) < 4.78 is 10.3. The van der Waals surface area contributed by atoms with Crippen molar-refractivity contribution in [2.75, 3.05) is 13.2 Å². The molecule has 2 rings (SSSR count). The minimum absolute atomic E-state index is 0.0988. The van der Waals surface area contributed by atoms with E-state index in [1.165, 1.54) is 0 Å². The number of aliphatic hydroxyl groups is 1. The molecule has 1 N–H and O–H groups in total. The van der Waals surface area contributed by atoms with Gasteiger partial charge in [0.15, 0.2) is 0 Å². The molecule has 0 fully saturated rings. The lowest BCUT2D eigenvalue weighted by molar-refractivity contribution is 0.109. The van der Waals surface area contributed by atoms with Crippen molar-refractivity contribution in [1.29, 1.82) is 0 Å². The molecule has 0 spiro atoms. The lowest BCUT2D eigenvalue weighted by atomic mass is 10.1. The molecule has 0 bridgehead atoms. The van der Waals surface area contributed by atoms with E-state index in [9.17, 15) is 0 Å². The lowest BCUT2D eigenvalue weighted by Gasteiger charge is -2.09. The van der Waals surface area contributed by atoms with Crippen molar-refractivity contribution in [1.82, 2.24) is 5.16 Å². The summed E-state index contributed by atoms with van der Waals surface area (Å²) in [6.45, 7) is 1.40. The summed E-state index contributed by atoms with van der Waals surface area (Å²) in [5, 5.41) is 12.6. The molecule has 4 nitrogen and oxygen atoms in total. The van der Waals surface area contributed by atoms with E-state index >= 15 is 0 Å². The average molecular weight is 169 g/mol. The summed E-state index contributed by atoms with van der Waals surface area (Å²) in [5.41, 5.74) is 2.03. The molecular weight excluding hydrogens is 158 g/mol. The van der Waals surface area contributed by atoms with Gasteiger partial charge in [-0.2, -0.15) is 0 Å². The number of ether oxygens (including phenoxy) is 1. The normalized spacial score (nSPS) is 16.1. The SMILES string of the molecule is OCCc1onc2c1COCC2. The molecule has 2 heterocycles. The van der Waals surface area contributed by atoms with Crippen LogP contribution in [0.5, 0.6) is 0 Å². The number of fused-ring (bicyclic) bond motifs is 1. The van der Waals surface area contributed by atoms with Gasteiger partial charge in [0, 0.05) is 18.4 Å². The Morgan fingerprint density at radius 2 is 2.42 bits per heavy atom. The van der Waals surface area contributed by atoms with Gasteiger partial charge in [0.25, 0.3) is 0 Å². The fourth-order valence-corrected chi connectivity index (χ4v) is 1.38. The van der Waals surface area contributed by atoms with Crippen LogP contribution in [0, 0.1) is 0 Å². The number of hydrogen-bond acceptors (Lipinski definition) is 4. The van der Waals surface area contributed by atoms with Crippen molar-refractivity contribution in [2.45, 2.75) is 19.4 Å². The Morgan fingerprint density at radius 3 is 3.25 bits per heavy atom. The first-order valence-corrected chi connectivity index (χ1v) is 4.06. The van der Waals surface area contributed by atoms with E-state index in [-0.39, 0.29) is 6.61 Å². The van der Waals surface area contributed by atoms with Gasteiger partial charge in [0.1, 0.15) is 5.76 Å². The van der Waals surface area contributed by atoms with Crippen LogP contribution in [-0.4, -0.2) is 23.5 Å². The molecule has 0 radical (unpaired) electrons. The highest BCUT2D eigenvalue weighted by atomic mass is 16.5. The maximum Gasteiger partial charge on any atom is 0.144 e. The van der Waals surface area contributed by atoms with Crippen LogP contribution in [0.25, 0.3) is 0 Å². The predicted molar refractivity (Wildman–Crippen MR) is 40.7 cm³/mol. The zero-order valence-electron chi connectivity index (χ0n) is 6.75. The van der Waals surface area contributed by atoms with Crippen molar-refractivity contribution in [3.05, 3.63) is 17.0 Å². The molecule has 0 aromatic carbocycles. The Bertz CT molecular complexity index is 269. The summed E-state index contributed by atoms with van der Waals surface area (Å²) in [7, 11) is 0. The third kappa shape index (κ3) is 1.23. The van der Waals surface area contributed by atoms with Gasteiger partial charge in [-0.15, -0.1) is 0 Å². The highest BCUT2D eigenvalue weighted by Gasteiger charge is 2.18. The Hall–Kier alpha value is -0.870. The maximum absolute atomic E-state index is 8.71. The summed E-state index contributed by atoms with van der Waals surface area (Å²) in [5.74, 6) is 0.771. The molecule has 0 atom stereocenters. The molecular formula is C8H11NO3. The quantitative estimate of drug-likeness (QED) is 0.691. The Morgan fingerprint density at radius 1 is 1.50 bits per heavy atom. The van der Waals surface area contributed by atoms with Gasteiger partial charge < -0.3 is 14.4 Å². The maximum atomic E-state index is 8.71. The van der Waals surface area contributed by atoms with Crippen LogP contribution in [0.1, 0.15) is 17.0 Å². The molecule has 0 amide bonds. The molecule has 0 aliphatic carbocycles. The number of aliphatic hydroxyl groups excluding tert-OH is 1. The minimum Gasteiger partial charge on any atom is -0.396 e. The highest BCUT2D eigenvalue weighted by molar-refractivity contribution is 5.23. The molecule has 1 aromatic heterocycles. The van der Waals surface area contributed by atoms with Gasteiger partial charge in [0.05, 0.1) is 25.5 Å². The standard InChI is InChI=1S/C8H11NO3/c10-3-1-8-6-5-11-4-2-7(6)9-12-8/h10H,1-5H2. The first-order chi connectivity index (χ1) is 5.92. The molecule has 12 heavy (non-hydrogen) atoms. The number of aromatic nitrogens is 1. The summed E-state index contributed by atoms with van der Waals surface area (Å²) in [6, 6.07) is 0. The first kappa shape index (κ1) is 7.76. The van der Waals surface area contributed by atoms with E-state index in [1.807, 2.05) is 0 Å². The summed E-state index contributed by atoms with van der Waals surface area (Å²) in [4.78, 5) is 0. The topological polar surface area (TPSA) is 55.5 Å². The van der Waals surface area contributed by atoms with E-state index in [4.69, 9.17) is 14.4 Å². The second kappa shape index (κ2) is 3.25. The van der Waals surface area contributed by atoms with Gasteiger partial charge in [-0.05, 0) is 0 Å². The van der Waals surface area contributed by atoms with E-state index in [0.717, 1.165) is 30.0 Å². The van der Waals surface area contributed by atoms with Crippen LogP contribution in [0.4, 0.5) is 0 Å². The summed E-state index contributed by atoms with van der Waals surface area (Å²) in [6.07, 6.45) is 1.36. The van der Waals surface area contributed by atoms with Gasteiger partial charge in [-0.1, -0.05) is 5.16 Å². The molecule has 66 valence electrons. The predicted octanol–water partition coefficient (Wildman–Crippen LogP) is 0.282. The van der Waals surface area contributed by atoms with Crippen molar-refractivity contribution in [3.8, 4) is 0 Å². The fourth-order valence-electron chi connectivity index (χ4n) is 1.38. The number of rotatable bonds is 2. The first-order valence-electron chi connectivity index (χ1n) is 4.06. The number of nitrogens with zero attached hydrogens (tertiary/aromatic N) is 1. The van der Waals surface area contributed by atoms with Gasteiger partial charge in [-0.25, -0.2) is 0 Å². The molecule has 0 saturated heterocycles. The van der Waals surface area contributed by atoms with Crippen molar-refractivity contribution in [3.63, 3.8) is 0 Å². The Kier molecular flexibility index (Phi) is 2.10. The van der Waals surface area contributed by atoms with Gasteiger partial charge in [-0.3, -0.25) is 0 Å². The Labute approximate surface area is 70.1 Å². The average Bonchev–Trinajstić information content (AvgIpc) is 2.50. The second-order valence-electron chi connectivity index (χ2n) is 2.81. The molecule has 1 aromatic rings. The van der Waals surface area contributed by atoms with E-state index in [0.29, 0.717) is 13.0 Å². The number of hydrogen-bond donors (Lipinski definition) is 1. The van der Waals surface area contributed by atoms with E-state index in [1.54, 1.807) is 0 Å². The van der Waals surface area contributed by atoms with Crippen LogP contribution in [-0.2, 0) is 24.2 Å². The van der Waals surface area contributed by atoms with E-state index in [2.05, 4.69) is 5.16 Å². The second-order valence-corrected chi connectivity index (χ2v) is 2.81. The molecule has 0 saturated carbocycles. The van der Waals surface area contributed by atoms with Crippen LogP contribution < -0.4 is 0 Å². The van der Waals surface area contributed by atoms with Crippen LogP contribution in [0.2, 0.25) is 0 Å². The van der Waals surface area contributed by atoms with E-state index < -0.39 is 0 Å². The Balaban J connectivity index is 2.25. The fraction of sp³-hybridized carbons (Fsp3) is 0.625. The van der Waals surface area contributed by atoms with Crippen molar-refractivity contribution < 1.29 is 14.4 Å². The third-order valence-electron chi connectivity index (χ3n) is 2.02. The molecule has 1 aliphatic heterocycles. The highest BCUT2D eigenvalue weighted by Crippen LogP contribution is 2.20. The van der Waals surface area contributed by atoms with Gasteiger partial charge in [0.2, 0.25) is 0 Å². The van der Waals surface area contributed by atoms with Crippen LogP contribution >= 0.6 is 0 Å². The zero-order chi connectivity index (χ0) is 8.39. The molecule has 1 aliphatic rings. The van der Waals surface area contributed by atoms with Gasteiger partial charge >= 0.3 is 0 Å².